The van der Waals surface area contributed by atoms with Gasteiger partial charge in [0.25, 0.3) is 5.88 Å². The van der Waals surface area contributed by atoms with Crippen molar-refractivity contribution in [2.45, 2.75) is 0 Å². The molecule has 84 valence electrons. The van der Waals surface area contributed by atoms with Gasteiger partial charge >= 0.3 is 0 Å². The molecule has 0 aliphatic rings. The molecular formula is C11H5BrClN3O. The Morgan fingerprint density at radius 1 is 1.35 bits per heavy atom. The first-order valence-corrected chi connectivity index (χ1v) is 5.72. The first-order chi connectivity index (χ1) is 8.20. The minimum atomic E-state index is 0.138. The van der Waals surface area contributed by atoms with Crippen molar-refractivity contribution in [2.75, 3.05) is 0 Å². The van der Waals surface area contributed by atoms with Crippen molar-refractivity contribution in [3.05, 3.63) is 45.5 Å². The summed E-state index contributed by atoms with van der Waals surface area (Å²) in [6.45, 7) is 0. The zero-order valence-electron chi connectivity index (χ0n) is 8.39. The first-order valence-electron chi connectivity index (χ1n) is 4.55. The van der Waals surface area contributed by atoms with Gasteiger partial charge in [0.05, 0.1) is 11.2 Å². The summed E-state index contributed by atoms with van der Waals surface area (Å²) in [5, 5.41) is 16.7. The minimum absolute atomic E-state index is 0.138. The Hall–Kier alpha value is -1.64. The molecule has 0 saturated heterocycles. The third-order valence-corrected chi connectivity index (χ3v) is 2.70. The number of aromatic nitrogens is 2. The molecule has 0 bridgehead atoms. The summed E-state index contributed by atoms with van der Waals surface area (Å²) in [5.74, 6) is 0.561. The van der Waals surface area contributed by atoms with E-state index in [0.717, 1.165) is 4.47 Å². The summed E-state index contributed by atoms with van der Waals surface area (Å²) in [6.07, 6.45) is 1.43. The minimum Gasteiger partial charge on any atom is -0.435 e. The summed E-state index contributed by atoms with van der Waals surface area (Å²) in [7, 11) is 0. The molecule has 6 heteroatoms. The zero-order chi connectivity index (χ0) is 12.3. The van der Waals surface area contributed by atoms with E-state index in [9.17, 15) is 0 Å². The normalized spacial score (nSPS) is 9.71. The highest BCUT2D eigenvalue weighted by Gasteiger charge is 2.09. The van der Waals surface area contributed by atoms with Crippen molar-refractivity contribution in [1.82, 2.24) is 10.2 Å². The molecule has 0 aliphatic heterocycles. The molecule has 0 radical (unpaired) electrons. The molecule has 0 N–H and O–H groups in total. The third kappa shape index (κ3) is 2.73. The van der Waals surface area contributed by atoms with Gasteiger partial charge in [0, 0.05) is 4.47 Å². The number of nitriles is 1. The molecular weight excluding hydrogens is 305 g/mol. The summed E-state index contributed by atoms with van der Waals surface area (Å²) >= 11 is 9.28. The van der Waals surface area contributed by atoms with Crippen LogP contribution in [-0.4, -0.2) is 10.2 Å². The molecule has 1 aromatic carbocycles. The number of hydrogen-bond acceptors (Lipinski definition) is 4. The average Bonchev–Trinajstić information content (AvgIpc) is 2.33. The lowest BCUT2D eigenvalue weighted by Gasteiger charge is -2.06. The number of halogens is 2. The van der Waals surface area contributed by atoms with Gasteiger partial charge in [0.2, 0.25) is 0 Å². The summed E-state index contributed by atoms with van der Waals surface area (Å²) in [4.78, 5) is 0. The van der Waals surface area contributed by atoms with Gasteiger partial charge in [-0.25, -0.2) is 0 Å². The maximum absolute atomic E-state index is 8.87. The molecule has 1 aromatic heterocycles. The van der Waals surface area contributed by atoms with Gasteiger partial charge in [-0.1, -0.05) is 27.5 Å². The second-order valence-corrected chi connectivity index (χ2v) is 4.36. The molecule has 0 aliphatic carbocycles. The summed E-state index contributed by atoms with van der Waals surface area (Å²) in [6, 6.07) is 8.65. The molecule has 2 aromatic rings. The molecule has 4 nitrogen and oxygen atoms in total. The van der Waals surface area contributed by atoms with Crippen molar-refractivity contribution < 1.29 is 4.74 Å². The second kappa shape index (κ2) is 5.13. The molecule has 0 atom stereocenters. The molecule has 0 amide bonds. The van der Waals surface area contributed by atoms with E-state index in [0.29, 0.717) is 16.3 Å². The zero-order valence-corrected chi connectivity index (χ0v) is 10.7. The van der Waals surface area contributed by atoms with Crippen molar-refractivity contribution in [1.29, 1.82) is 5.26 Å². The van der Waals surface area contributed by atoms with E-state index in [1.165, 1.54) is 12.3 Å². The van der Waals surface area contributed by atoms with Crippen molar-refractivity contribution in [2.24, 2.45) is 0 Å². The quantitative estimate of drug-likeness (QED) is 0.851. The number of rotatable bonds is 2. The predicted octanol–water partition coefficient (Wildman–Crippen LogP) is 3.56. The molecule has 0 unspecified atom stereocenters. The smallest absolute Gasteiger partial charge is 0.257 e. The Kier molecular flexibility index (Phi) is 3.57. The SMILES string of the molecule is N#Cc1ccnnc1Oc1ccc(Br)cc1Cl. The van der Waals surface area contributed by atoms with Crippen LogP contribution >= 0.6 is 27.5 Å². The lowest BCUT2D eigenvalue weighted by Crippen LogP contribution is -1.94. The van der Waals surface area contributed by atoms with Gasteiger partial charge in [-0.05, 0) is 24.3 Å². The standard InChI is InChI=1S/C11H5BrClN3O/c12-8-1-2-10(9(13)5-8)17-11-7(6-14)3-4-15-16-11/h1-5H. The molecule has 0 spiro atoms. The van der Waals surface area contributed by atoms with Gasteiger partial charge in [0.15, 0.2) is 0 Å². The molecule has 1 heterocycles. The Balaban J connectivity index is 2.35. The lowest BCUT2D eigenvalue weighted by atomic mass is 10.3. The monoisotopic (exact) mass is 309 g/mol. The number of ether oxygens (including phenoxy) is 1. The van der Waals surface area contributed by atoms with Crippen LogP contribution in [0.1, 0.15) is 5.56 Å². The highest BCUT2D eigenvalue weighted by Crippen LogP contribution is 2.31. The van der Waals surface area contributed by atoms with Crippen LogP contribution in [-0.2, 0) is 0 Å². The number of nitrogens with zero attached hydrogens (tertiary/aromatic N) is 3. The van der Waals surface area contributed by atoms with Crippen molar-refractivity contribution >= 4 is 27.5 Å². The Morgan fingerprint density at radius 3 is 2.88 bits per heavy atom. The van der Waals surface area contributed by atoms with Crippen LogP contribution in [0.25, 0.3) is 0 Å². The maximum Gasteiger partial charge on any atom is 0.257 e. The van der Waals surface area contributed by atoms with Crippen LogP contribution in [0.5, 0.6) is 11.6 Å². The van der Waals surface area contributed by atoms with Gasteiger partial charge in [-0.3, -0.25) is 0 Å². The van der Waals surface area contributed by atoms with Crippen LogP contribution in [0.3, 0.4) is 0 Å². The van der Waals surface area contributed by atoms with Crippen molar-refractivity contribution in [3.8, 4) is 17.7 Å². The fourth-order valence-corrected chi connectivity index (χ4v) is 1.85. The van der Waals surface area contributed by atoms with E-state index in [2.05, 4.69) is 26.1 Å². The molecule has 0 fully saturated rings. The Bertz CT molecular complexity index is 598. The van der Waals surface area contributed by atoms with E-state index >= 15 is 0 Å². The van der Waals surface area contributed by atoms with E-state index < -0.39 is 0 Å². The van der Waals surface area contributed by atoms with E-state index in [1.54, 1.807) is 18.2 Å². The highest BCUT2D eigenvalue weighted by molar-refractivity contribution is 9.10. The predicted molar refractivity (Wildman–Crippen MR) is 66.0 cm³/mol. The van der Waals surface area contributed by atoms with E-state index in [4.69, 9.17) is 21.6 Å². The van der Waals surface area contributed by atoms with E-state index in [-0.39, 0.29) is 5.88 Å². The molecule has 0 saturated carbocycles. The van der Waals surface area contributed by atoms with Gasteiger partial charge < -0.3 is 4.74 Å². The van der Waals surface area contributed by atoms with Crippen molar-refractivity contribution in [3.63, 3.8) is 0 Å². The van der Waals surface area contributed by atoms with Crippen LogP contribution in [0.2, 0.25) is 5.02 Å². The van der Waals surface area contributed by atoms with Crippen LogP contribution in [0.4, 0.5) is 0 Å². The fourth-order valence-electron chi connectivity index (χ4n) is 1.14. The van der Waals surface area contributed by atoms with Crippen LogP contribution in [0, 0.1) is 11.3 Å². The third-order valence-electron chi connectivity index (χ3n) is 1.91. The summed E-state index contributed by atoms with van der Waals surface area (Å²) in [5.41, 5.74) is 0.305. The summed E-state index contributed by atoms with van der Waals surface area (Å²) < 4.78 is 6.28. The van der Waals surface area contributed by atoms with Gasteiger partial charge in [-0.15, -0.1) is 5.10 Å². The highest BCUT2D eigenvalue weighted by atomic mass is 79.9. The number of benzene rings is 1. The number of hydrogen-bond donors (Lipinski definition) is 0. The van der Waals surface area contributed by atoms with E-state index in [1.807, 2.05) is 6.07 Å². The molecule has 2 rings (SSSR count). The van der Waals surface area contributed by atoms with Crippen LogP contribution in [0.15, 0.2) is 34.9 Å². The Morgan fingerprint density at radius 2 is 2.18 bits per heavy atom. The fraction of sp³-hybridized carbons (Fsp3) is 0. The maximum atomic E-state index is 8.87. The Labute approximate surface area is 111 Å². The lowest BCUT2D eigenvalue weighted by molar-refractivity contribution is 0.453. The average molecular weight is 311 g/mol. The first kappa shape index (κ1) is 11.8. The topological polar surface area (TPSA) is 58.8 Å². The van der Waals surface area contributed by atoms with Gasteiger partial charge in [-0.2, -0.15) is 10.4 Å². The molecule has 17 heavy (non-hydrogen) atoms. The van der Waals surface area contributed by atoms with Gasteiger partial charge in [0.1, 0.15) is 17.4 Å². The second-order valence-electron chi connectivity index (χ2n) is 3.04. The largest absolute Gasteiger partial charge is 0.435 e. The van der Waals surface area contributed by atoms with Crippen LogP contribution < -0.4 is 4.74 Å².